The van der Waals surface area contributed by atoms with E-state index in [2.05, 4.69) is 5.32 Å². The number of carbonyl (C=O) groups is 4. The van der Waals surface area contributed by atoms with E-state index in [0.29, 0.717) is 17.1 Å². The van der Waals surface area contributed by atoms with E-state index >= 15 is 0 Å². The van der Waals surface area contributed by atoms with E-state index in [1.54, 1.807) is 55.5 Å². The van der Waals surface area contributed by atoms with Crippen LogP contribution in [0.1, 0.15) is 29.3 Å². The third-order valence-electron chi connectivity index (χ3n) is 6.21. The predicted molar refractivity (Wildman–Crippen MR) is 136 cm³/mol. The largest absolute Gasteiger partial charge is 0.497 e. The molecule has 4 rings (SSSR count). The van der Waals surface area contributed by atoms with E-state index in [1.165, 1.54) is 36.3 Å². The molecule has 0 spiro atoms. The summed E-state index contributed by atoms with van der Waals surface area (Å²) in [5.41, 5.74) is 1.25. The normalized spacial score (nSPS) is 13.2. The Morgan fingerprint density at radius 3 is 2.35 bits per heavy atom. The van der Waals surface area contributed by atoms with Gasteiger partial charge in [-0.1, -0.05) is 37.3 Å². The first-order valence-corrected chi connectivity index (χ1v) is 11.8. The van der Waals surface area contributed by atoms with Gasteiger partial charge in [0.25, 0.3) is 11.7 Å². The summed E-state index contributed by atoms with van der Waals surface area (Å²) < 4.78 is 19.7. The lowest BCUT2D eigenvalue weighted by atomic mass is 10.1. The average Bonchev–Trinajstić information content (AvgIpc) is 3.15. The topological polar surface area (TPSA) is 96.0 Å². The summed E-state index contributed by atoms with van der Waals surface area (Å²) in [6, 6.07) is 18.1. The quantitative estimate of drug-likeness (QED) is 0.448. The molecule has 0 aromatic heterocycles. The number of fused-ring (bicyclic) bond motifs is 1. The first-order chi connectivity index (χ1) is 17.8. The van der Waals surface area contributed by atoms with Gasteiger partial charge in [-0.15, -0.1) is 0 Å². The summed E-state index contributed by atoms with van der Waals surface area (Å²) in [7, 11) is 1.53. The van der Waals surface area contributed by atoms with Gasteiger partial charge in [-0.25, -0.2) is 4.39 Å². The highest BCUT2D eigenvalue weighted by Gasteiger charge is 2.38. The number of Topliss-reactive ketones (excluding diaryl/α,β-unsaturated/α-hetero) is 1. The number of nitrogens with zero attached hydrogens (tertiary/aromatic N) is 2. The lowest BCUT2D eigenvalue weighted by molar-refractivity contribution is -0.138. The van der Waals surface area contributed by atoms with E-state index in [9.17, 15) is 23.6 Å². The number of nitrogens with one attached hydrogen (secondary N) is 1. The number of benzene rings is 3. The Hall–Kier alpha value is -4.53. The van der Waals surface area contributed by atoms with Gasteiger partial charge in [0.2, 0.25) is 11.8 Å². The first kappa shape index (κ1) is 25.6. The van der Waals surface area contributed by atoms with Gasteiger partial charge in [0.05, 0.1) is 18.4 Å². The molecule has 1 atom stereocenters. The highest BCUT2D eigenvalue weighted by atomic mass is 19.1. The second kappa shape index (κ2) is 11.0. The van der Waals surface area contributed by atoms with Crippen molar-refractivity contribution in [2.45, 2.75) is 25.9 Å². The fraction of sp³-hybridized carbons (Fsp3) is 0.214. The van der Waals surface area contributed by atoms with Crippen LogP contribution in [0.5, 0.6) is 5.75 Å². The second-order valence-electron chi connectivity index (χ2n) is 8.49. The molecular formula is C28H26FN3O5. The van der Waals surface area contributed by atoms with Crippen molar-refractivity contribution in [2.24, 2.45) is 0 Å². The van der Waals surface area contributed by atoms with Crippen LogP contribution in [0.2, 0.25) is 0 Å². The zero-order valence-corrected chi connectivity index (χ0v) is 20.4. The summed E-state index contributed by atoms with van der Waals surface area (Å²) >= 11 is 0. The van der Waals surface area contributed by atoms with Gasteiger partial charge < -0.3 is 15.0 Å². The van der Waals surface area contributed by atoms with Crippen LogP contribution in [0.15, 0.2) is 72.8 Å². The molecule has 0 saturated heterocycles. The molecule has 3 amide bonds. The SMILES string of the molecule is CCC(C(=O)Nc1ccc(OC)cc1)N(Cc1ccccc1F)C(=O)CN1C(=O)C(=O)c2ccccc21. The fourth-order valence-electron chi connectivity index (χ4n) is 4.26. The Bertz CT molecular complexity index is 1340. The second-order valence-corrected chi connectivity index (χ2v) is 8.49. The number of methoxy groups -OCH3 is 1. The summed E-state index contributed by atoms with van der Waals surface area (Å²) in [4.78, 5) is 54.3. The van der Waals surface area contributed by atoms with E-state index in [-0.39, 0.29) is 24.1 Å². The van der Waals surface area contributed by atoms with Crippen molar-refractivity contribution < 1.29 is 28.3 Å². The number of hydrogen-bond donors (Lipinski definition) is 1. The van der Waals surface area contributed by atoms with Crippen molar-refractivity contribution >= 4 is 34.9 Å². The van der Waals surface area contributed by atoms with E-state index in [1.807, 2.05) is 0 Å². The van der Waals surface area contributed by atoms with Crippen LogP contribution in [-0.2, 0) is 20.9 Å². The number of anilines is 2. The average molecular weight is 504 g/mol. The lowest BCUT2D eigenvalue weighted by Gasteiger charge is -2.32. The monoisotopic (exact) mass is 503 g/mol. The molecule has 3 aromatic rings. The fourth-order valence-corrected chi connectivity index (χ4v) is 4.26. The van der Waals surface area contributed by atoms with Crippen LogP contribution in [0, 0.1) is 5.82 Å². The number of halogens is 1. The third-order valence-corrected chi connectivity index (χ3v) is 6.21. The van der Waals surface area contributed by atoms with Gasteiger partial charge >= 0.3 is 0 Å². The molecule has 8 nitrogen and oxygen atoms in total. The van der Waals surface area contributed by atoms with Crippen LogP contribution in [0.3, 0.4) is 0 Å². The van der Waals surface area contributed by atoms with Crippen LogP contribution in [0.25, 0.3) is 0 Å². The summed E-state index contributed by atoms with van der Waals surface area (Å²) in [5.74, 6) is -2.50. The lowest BCUT2D eigenvalue weighted by Crippen LogP contribution is -2.50. The van der Waals surface area contributed by atoms with Crippen molar-refractivity contribution in [2.75, 3.05) is 23.9 Å². The maximum absolute atomic E-state index is 14.6. The number of hydrogen-bond acceptors (Lipinski definition) is 5. The van der Waals surface area contributed by atoms with Crippen LogP contribution < -0.4 is 15.0 Å². The minimum Gasteiger partial charge on any atom is -0.497 e. The van der Waals surface area contributed by atoms with Gasteiger partial charge in [0.15, 0.2) is 0 Å². The third kappa shape index (κ3) is 5.35. The highest BCUT2D eigenvalue weighted by Crippen LogP contribution is 2.29. The van der Waals surface area contributed by atoms with Gasteiger partial charge in [0.1, 0.15) is 24.2 Å². The van der Waals surface area contributed by atoms with Crippen molar-refractivity contribution in [1.29, 1.82) is 0 Å². The maximum atomic E-state index is 14.6. The summed E-state index contributed by atoms with van der Waals surface area (Å²) in [6.45, 7) is 1.07. The molecule has 1 unspecified atom stereocenters. The zero-order valence-electron chi connectivity index (χ0n) is 20.4. The molecule has 0 bridgehead atoms. The molecule has 9 heteroatoms. The van der Waals surface area contributed by atoms with Crippen molar-refractivity contribution in [3.05, 3.63) is 89.7 Å². The summed E-state index contributed by atoms with van der Waals surface area (Å²) in [6.07, 6.45) is 0.228. The standard InChI is InChI=1S/C28H26FN3O5/c1-3-23(27(35)30-19-12-14-20(37-2)15-13-19)31(16-18-8-4-6-10-22(18)29)25(33)17-32-24-11-7-5-9-21(24)26(34)28(32)36/h4-15,23H,3,16-17H2,1-2H3,(H,30,35). The number of carbonyl (C=O) groups excluding carboxylic acids is 4. The first-order valence-electron chi connectivity index (χ1n) is 11.8. The van der Waals surface area contributed by atoms with Crippen LogP contribution in [0.4, 0.5) is 15.8 Å². The number of amides is 3. The Kier molecular flexibility index (Phi) is 7.62. The minimum absolute atomic E-state index is 0.197. The predicted octanol–water partition coefficient (Wildman–Crippen LogP) is 3.81. The van der Waals surface area contributed by atoms with Gasteiger partial charge in [-0.05, 0) is 48.9 Å². The van der Waals surface area contributed by atoms with Crippen LogP contribution in [-0.4, -0.2) is 48.1 Å². The number of rotatable bonds is 9. The Labute approximate surface area is 213 Å². The molecule has 0 aliphatic carbocycles. The number of ether oxygens (including phenoxy) is 1. The highest BCUT2D eigenvalue weighted by molar-refractivity contribution is 6.52. The molecule has 1 aliphatic rings. The Morgan fingerprint density at radius 1 is 1.00 bits per heavy atom. The van der Waals surface area contributed by atoms with E-state index < -0.39 is 41.9 Å². The zero-order chi connectivity index (χ0) is 26.5. The van der Waals surface area contributed by atoms with Crippen molar-refractivity contribution in [1.82, 2.24) is 4.90 Å². The molecule has 1 N–H and O–H groups in total. The molecule has 37 heavy (non-hydrogen) atoms. The van der Waals surface area contributed by atoms with Gasteiger partial charge in [-0.2, -0.15) is 0 Å². The number of para-hydroxylation sites is 1. The molecule has 0 radical (unpaired) electrons. The van der Waals surface area contributed by atoms with Gasteiger partial charge in [-0.3, -0.25) is 24.1 Å². The Morgan fingerprint density at radius 2 is 1.68 bits per heavy atom. The van der Waals surface area contributed by atoms with E-state index in [0.717, 1.165) is 4.90 Å². The molecule has 0 saturated carbocycles. The van der Waals surface area contributed by atoms with Crippen molar-refractivity contribution in [3.8, 4) is 5.75 Å². The minimum atomic E-state index is -0.974. The van der Waals surface area contributed by atoms with Gasteiger partial charge in [0, 0.05) is 17.8 Å². The van der Waals surface area contributed by atoms with Crippen molar-refractivity contribution in [3.63, 3.8) is 0 Å². The molecule has 0 fully saturated rings. The smallest absolute Gasteiger partial charge is 0.299 e. The Balaban J connectivity index is 1.62. The molecule has 1 heterocycles. The number of ketones is 1. The molecule has 3 aromatic carbocycles. The van der Waals surface area contributed by atoms with Crippen LogP contribution >= 0.6 is 0 Å². The van der Waals surface area contributed by atoms with E-state index in [4.69, 9.17) is 4.74 Å². The molecule has 190 valence electrons. The molecule has 1 aliphatic heterocycles. The molecular weight excluding hydrogens is 477 g/mol. The summed E-state index contributed by atoms with van der Waals surface area (Å²) in [5, 5.41) is 2.79. The maximum Gasteiger partial charge on any atom is 0.299 e.